The predicted molar refractivity (Wildman–Crippen MR) is 75.8 cm³/mol. The Morgan fingerprint density at radius 3 is 2.29 bits per heavy atom. The fraction of sp³-hybridized carbons (Fsp3) is 0.143. The van der Waals surface area contributed by atoms with E-state index in [-0.39, 0.29) is 0 Å². The van der Waals surface area contributed by atoms with Crippen LogP contribution in [-0.4, -0.2) is 0 Å². The van der Waals surface area contributed by atoms with E-state index in [1.165, 1.54) is 11.1 Å². The first kappa shape index (κ1) is 12.1. The second kappa shape index (κ2) is 5.84. The zero-order chi connectivity index (χ0) is 12.1. The van der Waals surface area contributed by atoms with Crippen LogP contribution in [0.1, 0.15) is 11.1 Å². The molecule has 88 valence electrons. The Kier molecular flexibility index (Phi) is 4.18. The van der Waals surface area contributed by atoms with Crippen LogP contribution in [0.2, 0.25) is 0 Å². The van der Waals surface area contributed by atoms with Gasteiger partial charge >= 0.3 is 0 Å². The summed E-state index contributed by atoms with van der Waals surface area (Å²) in [5, 5.41) is 3.40. The predicted octanol–water partition coefficient (Wildman–Crippen LogP) is 3.52. The Morgan fingerprint density at radius 2 is 1.59 bits per heavy atom. The van der Waals surface area contributed by atoms with Crippen molar-refractivity contribution in [1.82, 2.24) is 0 Å². The smallest absolute Gasteiger partial charge is 0.0487 e. The molecule has 0 heterocycles. The van der Waals surface area contributed by atoms with E-state index in [0.29, 0.717) is 6.54 Å². The van der Waals surface area contributed by atoms with Crippen molar-refractivity contribution in [3.8, 4) is 0 Å². The zero-order valence-corrected chi connectivity index (χ0v) is 11.1. The molecule has 0 spiro atoms. The lowest BCUT2D eigenvalue weighted by Crippen LogP contribution is -2.06. The van der Waals surface area contributed by atoms with Gasteiger partial charge in [0, 0.05) is 23.2 Å². The third-order valence-electron chi connectivity index (χ3n) is 2.68. The number of nitrogens with two attached hydrogens (primary N) is 1. The van der Waals surface area contributed by atoms with E-state index in [2.05, 4.69) is 39.4 Å². The highest BCUT2D eigenvalue weighted by molar-refractivity contribution is 9.10. The second-order valence-corrected chi connectivity index (χ2v) is 4.66. The number of anilines is 1. The lowest BCUT2D eigenvalue weighted by Gasteiger charge is -2.11. The monoisotopic (exact) mass is 290 g/mol. The van der Waals surface area contributed by atoms with Crippen molar-refractivity contribution in [1.29, 1.82) is 0 Å². The lowest BCUT2D eigenvalue weighted by molar-refractivity contribution is 1.01. The molecule has 3 N–H and O–H groups in total. The SMILES string of the molecule is NCc1ccccc1CNc1ccccc1Br. The minimum absolute atomic E-state index is 0.577. The highest BCUT2D eigenvalue weighted by atomic mass is 79.9. The number of nitrogens with one attached hydrogen (secondary N) is 1. The standard InChI is InChI=1S/C14H15BrN2/c15-13-7-3-4-8-14(13)17-10-12-6-2-1-5-11(12)9-16/h1-8,17H,9-10,16H2. The van der Waals surface area contributed by atoms with Crippen LogP contribution in [-0.2, 0) is 13.1 Å². The average Bonchev–Trinajstić information content (AvgIpc) is 2.38. The van der Waals surface area contributed by atoms with Crippen LogP contribution in [0.5, 0.6) is 0 Å². The van der Waals surface area contributed by atoms with Gasteiger partial charge in [-0.1, -0.05) is 36.4 Å². The normalized spacial score (nSPS) is 10.2. The molecular formula is C14H15BrN2. The maximum absolute atomic E-state index is 5.71. The van der Waals surface area contributed by atoms with Gasteiger partial charge in [0.25, 0.3) is 0 Å². The van der Waals surface area contributed by atoms with Crippen molar-refractivity contribution < 1.29 is 0 Å². The molecule has 2 rings (SSSR count). The highest BCUT2D eigenvalue weighted by Crippen LogP contribution is 2.22. The van der Waals surface area contributed by atoms with Gasteiger partial charge in [0.2, 0.25) is 0 Å². The number of rotatable bonds is 4. The van der Waals surface area contributed by atoms with Crippen LogP contribution in [0.15, 0.2) is 53.0 Å². The molecule has 0 saturated heterocycles. The van der Waals surface area contributed by atoms with Gasteiger partial charge in [0.1, 0.15) is 0 Å². The molecule has 2 aromatic rings. The maximum Gasteiger partial charge on any atom is 0.0487 e. The van der Waals surface area contributed by atoms with Crippen LogP contribution in [0.3, 0.4) is 0 Å². The molecule has 0 bridgehead atoms. The zero-order valence-electron chi connectivity index (χ0n) is 9.49. The van der Waals surface area contributed by atoms with Crippen LogP contribution >= 0.6 is 15.9 Å². The largest absolute Gasteiger partial charge is 0.380 e. The summed E-state index contributed by atoms with van der Waals surface area (Å²) >= 11 is 3.52. The molecule has 0 atom stereocenters. The molecule has 3 heteroatoms. The van der Waals surface area contributed by atoms with Crippen molar-refractivity contribution in [3.05, 3.63) is 64.1 Å². The number of para-hydroxylation sites is 1. The first-order chi connectivity index (χ1) is 8.31. The van der Waals surface area contributed by atoms with Crippen LogP contribution < -0.4 is 11.1 Å². The van der Waals surface area contributed by atoms with Gasteiger partial charge in [-0.3, -0.25) is 0 Å². The summed E-state index contributed by atoms with van der Waals surface area (Å²) in [4.78, 5) is 0. The maximum atomic E-state index is 5.71. The van der Waals surface area contributed by atoms with Gasteiger partial charge in [-0.2, -0.15) is 0 Å². The van der Waals surface area contributed by atoms with E-state index in [1.807, 2.05) is 30.3 Å². The molecule has 2 aromatic carbocycles. The summed E-state index contributed by atoms with van der Waals surface area (Å²) in [6, 6.07) is 16.3. The third-order valence-corrected chi connectivity index (χ3v) is 3.37. The summed E-state index contributed by atoms with van der Waals surface area (Å²) in [6.45, 7) is 1.36. The van der Waals surface area contributed by atoms with Crippen LogP contribution in [0.4, 0.5) is 5.69 Å². The van der Waals surface area contributed by atoms with E-state index in [4.69, 9.17) is 5.73 Å². The molecule has 2 nitrogen and oxygen atoms in total. The van der Waals surface area contributed by atoms with Gasteiger partial charge in [-0.05, 0) is 39.2 Å². The summed E-state index contributed by atoms with van der Waals surface area (Å²) in [7, 11) is 0. The summed E-state index contributed by atoms with van der Waals surface area (Å²) < 4.78 is 1.07. The Hall–Kier alpha value is -1.32. The third kappa shape index (κ3) is 3.08. The molecular weight excluding hydrogens is 276 g/mol. The van der Waals surface area contributed by atoms with Gasteiger partial charge in [-0.15, -0.1) is 0 Å². The highest BCUT2D eigenvalue weighted by Gasteiger charge is 2.01. The first-order valence-corrected chi connectivity index (χ1v) is 6.36. The van der Waals surface area contributed by atoms with Gasteiger partial charge in [0.15, 0.2) is 0 Å². The number of hydrogen-bond donors (Lipinski definition) is 2. The summed E-state index contributed by atoms with van der Waals surface area (Å²) in [5.41, 5.74) is 9.24. The molecule has 0 aliphatic heterocycles. The number of hydrogen-bond acceptors (Lipinski definition) is 2. The fourth-order valence-corrected chi connectivity index (χ4v) is 2.15. The molecule has 17 heavy (non-hydrogen) atoms. The first-order valence-electron chi connectivity index (χ1n) is 5.56. The van der Waals surface area contributed by atoms with Gasteiger partial charge < -0.3 is 11.1 Å². The Balaban J connectivity index is 2.10. The minimum atomic E-state index is 0.577. The number of benzene rings is 2. The molecule has 0 fully saturated rings. The minimum Gasteiger partial charge on any atom is -0.380 e. The van der Waals surface area contributed by atoms with Crippen molar-refractivity contribution in [3.63, 3.8) is 0 Å². The van der Waals surface area contributed by atoms with E-state index in [9.17, 15) is 0 Å². The Bertz CT molecular complexity index is 497. The molecule has 0 aliphatic rings. The number of halogens is 1. The van der Waals surface area contributed by atoms with E-state index in [1.54, 1.807) is 0 Å². The molecule has 0 aliphatic carbocycles. The lowest BCUT2D eigenvalue weighted by atomic mass is 10.1. The molecule has 0 aromatic heterocycles. The van der Waals surface area contributed by atoms with Crippen LogP contribution in [0.25, 0.3) is 0 Å². The molecule has 0 unspecified atom stereocenters. The van der Waals surface area contributed by atoms with Crippen molar-refractivity contribution >= 4 is 21.6 Å². The van der Waals surface area contributed by atoms with E-state index in [0.717, 1.165) is 16.7 Å². The Morgan fingerprint density at radius 1 is 0.941 bits per heavy atom. The average molecular weight is 291 g/mol. The summed E-state index contributed by atoms with van der Waals surface area (Å²) in [5.74, 6) is 0. The van der Waals surface area contributed by atoms with E-state index >= 15 is 0 Å². The van der Waals surface area contributed by atoms with Crippen molar-refractivity contribution in [2.45, 2.75) is 13.1 Å². The van der Waals surface area contributed by atoms with E-state index < -0.39 is 0 Å². The van der Waals surface area contributed by atoms with Gasteiger partial charge in [0.05, 0.1) is 0 Å². The summed E-state index contributed by atoms with van der Waals surface area (Å²) in [6.07, 6.45) is 0. The van der Waals surface area contributed by atoms with Gasteiger partial charge in [-0.25, -0.2) is 0 Å². The fourth-order valence-electron chi connectivity index (χ4n) is 1.72. The quantitative estimate of drug-likeness (QED) is 0.904. The molecule has 0 saturated carbocycles. The van der Waals surface area contributed by atoms with Crippen LogP contribution in [0, 0.1) is 0 Å². The molecule has 0 radical (unpaired) electrons. The van der Waals surface area contributed by atoms with Crippen molar-refractivity contribution in [2.75, 3.05) is 5.32 Å². The second-order valence-electron chi connectivity index (χ2n) is 3.81. The Labute approximate surface area is 110 Å². The van der Waals surface area contributed by atoms with Crippen molar-refractivity contribution in [2.24, 2.45) is 5.73 Å². The molecule has 0 amide bonds. The topological polar surface area (TPSA) is 38.0 Å².